The first-order chi connectivity index (χ1) is 30.2. The van der Waals surface area contributed by atoms with Gasteiger partial charge in [-0.3, -0.25) is 0 Å². The lowest BCUT2D eigenvalue weighted by Crippen LogP contribution is -2.02. The number of nitrogens with zero attached hydrogens (tertiary/aromatic N) is 4. The van der Waals surface area contributed by atoms with E-state index in [0.717, 1.165) is 72.4 Å². The SMILES string of the molecule is c1ccc(-c2cc(-c3ccccc3)cc(-c3nc(-c4ccccc4)nc(-c4ccc(-c5cccc(-c6ccccc6)c5)c(-n5c6ccccc6c6ccccc65)c4)n3)c2)cc1. The van der Waals surface area contributed by atoms with Gasteiger partial charge >= 0.3 is 0 Å². The number of aromatic nitrogens is 4. The van der Waals surface area contributed by atoms with Gasteiger partial charge in [0.15, 0.2) is 17.5 Å². The third-order valence-corrected chi connectivity index (χ3v) is 11.4. The van der Waals surface area contributed by atoms with Gasteiger partial charge in [-0.05, 0) is 81.4 Å². The van der Waals surface area contributed by atoms with Crippen molar-refractivity contribution in [2.24, 2.45) is 0 Å². The smallest absolute Gasteiger partial charge is 0.164 e. The highest BCUT2D eigenvalue weighted by Gasteiger charge is 2.20. The van der Waals surface area contributed by atoms with Crippen molar-refractivity contribution >= 4 is 21.8 Å². The van der Waals surface area contributed by atoms with Crippen molar-refractivity contribution in [2.75, 3.05) is 0 Å². The first-order valence-corrected chi connectivity index (χ1v) is 20.6. The summed E-state index contributed by atoms with van der Waals surface area (Å²) < 4.78 is 2.40. The molecular weight excluding hydrogens is 741 g/mol. The number of hydrogen-bond donors (Lipinski definition) is 0. The molecule has 0 spiro atoms. The van der Waals surface area contributed by atoms with Crippen LogP contribution in [0.5, 0.6) is 0 Å². The second kappa shape index (κ2) is 15.5. The maximum atomic E-state index is 5.34. The lowest BCUT2D eigenvalue weighted by atomic mass is 9.95. The second-order valence-electron chi connectivity index (χ2n) is 15.3. The molecule has 0 radical (unpaired) electrons. The third kappa shape index (κ3) is 6.86. The molecule has 0 bridgehead atoms. The molecule has 4 heteroatoms. The molecule has 0 amide bonds. The Morgan fingerprint density at radius 1 is 0.246 bits per heavy atom. The molecule has 0 unspecified atom stereocenters. The van der Waals surface area contributed by atoms with Crippen LogP contribution >= 0.6 is 0 Å². The summed E-state index contributed by atoms with van der Waals surface area (Å²) in [6, 6.07) is 81.2. The molecule has 0 saturated carbocycles. The highest BCUT2D eigenvalue weighted by Crippen LogP contribution is 2.40. The maximum Gasteiger partial charge on any atom is 0.164 e. The standard InChI is InChI=1S/C57H38N4/c1-5-18-39(19-6-1)43-26-17-27-44(34-43)49-33-32-45(38-54(49)61-52-30-15-13-28-50(52)51-29-14-16-31-53(51)61)56-58-55(42-24-11-4-12-25-42)59-57(60-56)48-36-46(40-20-7-2-8-21-40)35-47(37-48)41-22-9-3-10-23-41/h1-38H. The molecule has 0 fully saturated rings. The van der Waals surface area contributed by atoms with E-state index in [2.05, 4.69) is 217 Å². The van der Waals surface area contributed by atoms with Crippen LogP contribution in [-0.4, -0.2) is 19.5 Å². The summed E-state index contributed by atoms with van der Waals surface area (Å²) in [6.07, 6.45) is 0. The zero-order valence-corrected chi connectivity index (χ0v) is 33.2. The lowest BCUT2D eigenvalue weighted by molar-refractivity contribution is 1.07. The van der Waals surface area contributed by atoms with Gasteiger partial charge < -0.3 is 4.57 Å². The number of hydrogen-bond acceptors (Lipinski definition) is 3. The summed E-state index contributed by atoms with van der Waals surface area (Å²) in [5.41, 5.74) is 15.0. The summed E-state index contributed by atoms with van der Waals surface area (Å²) in [7, 11) is 0. The van der Waals surface area contributed by atoms with Crippen molar-refractivity contribution in [3.05, 3.63) is 231 Å². The Bertz CT molecular complexity index is 3230. The molecule has 0 N–H and O–H groups in total. The van der Waals surface area contributed by atoms with E-state index < -0.39 is 0 Å². The highest BCUT2D eigenvalue weighted by molar-refractivity contribution is 6.10. The predicted octanol–water partition coefficient (Wildman–Crippen LogP) is 14.6. The molecule has 4 nitrogen and oxygen atoms in total. The minimum Gasteiger partial charge on any atom is -0.309 e. The topological polar surface area (TPSA) is 43.6 Å². The zero-order valence-electron chi connectivity index (χ0n) is 33.2. The molecule has 0 aliphatic heterocycles. The molecule has 0 aliphatic rings. The fourth-order valence-corrected chi connectivity index (χ4v) is 8.48. The molecule has 11 rings (SSSR count). The van der Waals surface area contributed by atoms with Crippen LogP contribution in [-0.2, 0) is 0 Å². The monoisotopic (exact) mass is 778 g/mol. The van der Waals surface area contributed by atoms with Gasteiger partial charge in [-0.15, -0.1) is 0 Å². The normalized spacial score (nSPS) is 11.3. The van der Waals surface area contributed by atoms with Gasteiger partial charge in [0.1, 0.15) is 0 Å². The van der Waals surface area contributed by atoms with E-state index >= 15 is 0 Å². The third-order valence-electron chi connectivity index (χ3n) is 11.4. The minimum atomic E-state index is 0.599. The lowest BCUT2D eigenvalue weighted by Gasteiger charge is -2.17. The number of fused-ring (bicyclic) bond motifs is 3. The van der Waals surface area contributed by atoms with Crippen LogP contribution in [0.2, 0.25) is 0 Å². The molecule has 286 valence electrons. The van der Waals surface area contributed by atoms with E-state index in [0.29, 0.717) is 17.5 Å². The summed E-state index contributed by atoms with van der Waals surface area (Å²) in [4.78, 5) is 15.8. The van der Waals surface area contributed by atoms with Gasteiger partial charge in [-0.1, -0.05) is 188 Å². The van der Waals surface area contributed by atoms with Gasteiger partial charge in [0, 0.05) is 33.0 Å². The first-order valence-electron chi connectivity index (χ1n) is 20.6. The predicted molar refractivity (Wildman–Crippen MR) is 252 cm³/mol. The zero-order chi connectivity index (χ0) is 40.5. The largest absolute Gasteiger partial charge is 0.309 e. The van der Waals surface area contributed by atoms with Gasteiger partial charge in [-0.2, -0.15) is 0 Å². The van der Waals surface area contributed by atoms with Gasteiger partial charge in [0.25, 0.3) is 0 Å². The van der Waals surface area contributed by atoms with Crippen LogP contribution in [0.4, 0.5) is 0 Å². The van der Waals surface area contributed by atoms with E-state index in [1.807, 2.05) is 18.2 Å². The average Bonchev–Trinajstić information content (AvgIpc) is 3.69. The fourth-order valence-electron chi connectivity index (χ4n) is 8.48. The van der Waals surface area contributed by atoms with Crippen molar-refractivity contribution in [3.63, 3.8) is 0 Å². The molecule has 0 saturated heterocycles. The Morgan fingerprint density at radius 3 is 1.20 bits per heavy atom. The van der Waals surface area contributed by atoms with Gasteiger partial charge in [0.05, 0.1) is 16.7 Å². The Hall–Kier alpha value is -8.21. The van der Waals surface area contributed by atoms with Crippen molar-refractivity contribution in [1.29, 1.82) is 0 Å². The highest BCUT2D eigenvalue weighted by atomic mass is 15.0. The Kier molecular flexibility index (Phi) is 9.14. The van der Waals surface area contributed by atoms with Crippen LogP contribution in [0, 0.1) is 0 Å². The summed E-state index contributed by atoms with van der Waals surface area (Å²) in [5.74, 6) is 1.82. The average molecular weight is 779 g/mol. The Labute approximate surface area is 354 Å². The van der Waals surface area contributed by atoms with Gasteiger partial charge in [0.2, 0.25) is 0 Å². The van der Waals surface area contributed by atoms with Crippen LogP contribution in [0.3, 0.4) is 0 Å². The van der Waals surface area contributed by atoms with Crippen LogP contribution in [0.25, 0.3) is 106 Å². The molecule has 11 aromatic rings. The van der Waals surface area contributed by atoms with Crippen molar-refractivity contribution in [2.45, 2.75) is 0 Å². The Balaban J connectivity index is 1.15. The number of para-hydroxylation sites is 2. The quantitative estimate of drug-likeness (QED) is 0.154. The number of rotatable bonds is 8. The van der Waals surface area contributed by atoms with Gasteiger partial charge in [-0.25, -0.2) is 15.0 Å². The summed E-state index contributed by atoms with van der Waals surface area (Å²) in [5, 5.41) is 2.41. The summed E-state index contributed by atoms with van der Waals surface area (Å²) in [6.45, 7) is 0. The molecule has 2 heterocycles. The molecule has 9 aromatic carbocycles. The molecule has 2 aromatic heterocycles. The summed E-state index contributed by atoms with van der Waals surface area (Å²) >= 11 is 0. The van der Waals surface area contributed by atoms with E-state index in [1.165, 1.54) is 16.3 Å². The van der Waals surface area contributed by atoms with Crippen LogP contribution < -0.4 is 0 Å². The van der Waals surface area contributed by atoms with Crippen molar-refractivity contribution in [3.8, 4) is 84.4 Å². The maximum absolute atomic E-state index is 5.34. The molecule has 61 heavy (non-hydrogen) atoms. The molecular formula is C57H38N4. The van der Waals surface area contributed by atoms with Crippen LogP contribution in [0.1, 0.15) is 0 Å². The first kappa shape index (κ1) is 35.9. The van der Waals surface area contributed by atoms with E-state index in [-0.39, 0.29) is 0 Å². The molecule has 0 aliphatic carbocycles. The van der Waals surface area contributed by atoms with Crippen molar-refractivity contribution in [1.82, 2.24) is 19.5 Å². The van der Waals surface area contributed by atoms with E-state index in [9.17, 15) is 0 Å². The Morgan fingerprint density at radius 2 is 0.639 bits per heavy atom. The fraction of sp³-hybridized carbons (Fsp3) is 0. The van der Waals surface area contributed by atoms with Crippen molar-refractivity contribution < 1.29 is 0 Å². The second-order valence-corrected chi connectivity index (χ2v) is 15.3. The number of benzene rings is 9. The van der Waals surface area contributed by atoms with Crippen LogP contribution in [0.15, 0.2) is 231 Å². The molecule has 0 atom stereocenters. The van der Waals surface area contributed by atoms with E-state index in [4.69, 9.17) is 15.0 Å². The van der Waals surface area contributed by atoms with E-state index in [1.54, 1.807) is 0 Å². The minimum absolute atomic E-state index is 0.599.